The zero-order valence-electron chi connectivity index (χ0n) is 21.6. The number of halogens is 2. The highest BCUT2D eigenvalue weighted by Crippen LogP contribution is 2.36. The second-order valence-corrected chi connectivity index (χ2v) is 10.7. The molecule has 1 aromatic heterocycles. The molecule has 5 rings (SSSR count). The van der Waals surface area contributed by atoms with Crippen LogP contribution in [0, 0.1) is 0 Å². The Hall–Kier alpha value is -3.37. The van der Waals surface area contributed by atoms with Crippen LogP contribution >= 0.6 is 31.9 Å². The van der Waals surface area contributed by atoms with Crippen LogP contribution in [0.5, 0.6) is 23.0 Å². The van der Waals surface area contributed by atoms with Crippen molar-refractivity contribution < 1.29 is 18.9 Å². The molecule has 39 heavy (non-hydrogen) atoms. The van der Waals surface area contributed by atoms with E-state index >= 15 is 0 Å². The lowest BCUT2D eigenvalue weighted by atomic mass is 10.2. The first-order valence-corrected chi connectivity index (χ1v) is 14.3. The molecule has 0 amide bonds. The molecule has 3 aromatic carbocycles. The van der Waals surface area contributed by atoms with Crippen LogP contribution in [-0.4, -0.2) is 29.3 Å². The first kappa shape index (κ1) is 27.2. The quantitative estimate of drug-likeness (QED) is 0.174. The molecule has 0 saturated heterocycles. The molecule has 10 heteroatoms. The highest BCUT2D eigenvalue weighted by molar-refractivity contribution is 9.10. The van der Waals surface area contributed by atoms with Crippen molar-refractivity contribution in [3.05, 3.63) is 84.8 Å². The second-order valence-electron chi connectivity index (χ2n) is 8.88. The normalized spacial score (nSPS) is 12.4. The number of ether oxygens (including phenoxy) is 4. The highest BCUT2D eigenvalue weighted by Gasteiger charge is 2.16. The summed E-state index contributed by atoms with van der Waals surface area (Å²) in [4.78, 5) is 18.1. The van der Waals surface area contributed by atoms with E-state index in [1.807, 2.05) is 49.4 Å². The summed E-state index contributed by atoms with van der Waals surface area (Å²) in [5.41, 5.74) is 2.12. The number of hydrogen-bond donors (Lipinski definition) is 0. The van der Waals surface area contributed by atoms with E-state index in [0.29, 0.717) is 53.6 Å². The average Bonchev–Trinajstić information content (AvgIpc) is 3.40. The molecule has 0 saturated carbocycles. The van der Waals surface area contributed by atoms with Gasteiger partial charge in [0.1, 0.15) is 12.4 Å². The number of hydrogen-bond acceptors (Lipinski definition) is 7. The molecule has 0 spiro atoms. The van der Waals surface area contributed by atoms with Crippen LogP contribution in [0.2, 0.25) is 0 Å². The maximum atomic E-state index is 13.4. The fourth-order valence-electron chi connectivity index (χ4n) is 4.15. The Morgan fingerprint density at radius 1 is 1.03 bits per heavy atom. The van der Waals surface area contributed by atoms with Crippen molar-refractivity contribution in [2.45, 2.75) is 39.7 Å². The van der Waals surface area contributed by atoms with Gasteiger partial charge in [0, 0.05) is 20.9 Å². The van der Waals surface area contributed by atoms with Gasteiger partial charge in [0.15, 0.2) is 23.0 Å². The summed E-state index contributed by atoms with van der Waals surface area (Å²) in [6.07, 6.45) is 4.16. The van der Waals surface area contributed by atoms with E-state index in [2.05, 4.69) is 43.9 Å². The summed E-state index contributed by atoms with van der Waals surface area (Å²) < 4.78 is 25.8. The molecular formula is C29H27Br2N3O5. The Morgan fingerprint density at radius 2 is 1.85 bits per heavy atom. The van der Waals surface area contributed by atoms with Crippen LogP contribution in [0.3, 0.4) is 0 Å². The van der Waals surface area contributed by atoms with Gasteiger partial charge in [0.05, 0.1) is 23.7 Å². The van der Waals surface area contributed by atoms with Gasteiger partial charge in [0.2, 0.25) is 6.79 Å². The van der Waals surface area contributed by atoms with Crippen LogP contribution in [0.1, 0.15) is 43.6 Å². The lowest BCUT2D eigenvalue weighted by Crippen LogP contribution is -2.22. The van der Waals surface area contributed by atoms with Crippen molar-refractivity contribution in [3.63, 3.8) is 0 Å². The molecule has 0 unspecified atom stereocenters. The minimum absolute atomic E-state index is 0.214. The van der Waals surface area contributed by atoms with E-state index in [9.17, 15) is 4.79 Å². The van der Waals surface area contributed by atoms with E-state index in [1.54, 1.807) is 12.3 Å². The fourth-order valence-corrected chi connectivity index (χ4v) is 4.94. The van der Waals surface area contributed by atoms with Gasteiger partial charge in [-0.05, 0) is 77.3 Å². The first-order chi connectivity index (χ1) is 19.0. The largest absolute Gasteiger partial charge is 0.490 e. The number of unbranched alkanes of at least 4 members (excludes halogenated alkanes) is 1. The third-order valence-corrected chi connectivity index (χ3v) is 7.32. The lowest BCUT2D eigenvalue weighted by molar-refractivity contribution is 0.174. The summed E-state index contributed by atoms with van der Waals surface area (Å²) in [7, 11) is 0. The van der Waals surface area contributed by atoms with Crippen molar-refractivity contribution in [1.82, 2.24) is 9.66 Å². The third-order valence-electron chi connectivity index (χ3n) is 6.14. The van der Waals surface area contributed by atoms with Gasteiger partial charge in [-0.15, -0.1) is 0 Å². The van der Waals surface area contributed by atoms with Gasteiger partial charge < -0.3 is 18.9 Å². The Labute approximate surface area is 242 Å². The Bertz CT molecular complexity index is 1600. The zero-order chi connectivity index (χ0) is 27.4. The van der Waals surface area contributed by atoms with Crippen LogP contribution in [0.15, 0.2) is 67.4 Å². The number of aromatic nitrogens is 2. The van der Waals surface area contributed by atoms with Crippen LogP contribution in [0.4, 0.5) is 0 Å². The van der Waals surface area contributed by atoms with Crippen molar-refractivity contribution >= 4 is 49.0 Å². The van der Waals surface area contributed by atoms with Gasteiger partial charge in [-0.3, -0.25) is 4.79 Å². The fraction of sp³-hybridized carbons (Fsp3) is 0.276. The minimum atomic E-state index is -0.214. The second kappa shape index (κ2) is 12.2. The molecule has 0 atom stereocenters. The third kappa shape index (κ3) is 6.12. The Kier molecular flexibility index (Phi) is 8.52. The average molecular weight is 657 g/mol. The molecule has 0 fully saturated rings. The van der Waals surface area contributed by atoms with Crippen LogP contribution < -0.4 is 24.5 Å². The predicted octanol–water partition coefficient (Wildman–Crippen LogP) is 6.85. The highest BCUT2D eigenvalue weighted by atomic mass is 79.9. The van der Waals surface area contributed by atoms with Gasteiger partial charge in [-0.25, -0.2) is 4.98 Å². The summed E-state index contributed by atoms with van der Waals surface area (Å²) >= 11 is 7.08. The molecule has 2 heterocycles. The summed E-state index contributed by atoms with van der Waals surface area (Å²) in [6.45, 7) is 5.03. The smallest absolute Gasteiger partial charge is 0.282 e. The monoisotopic (exact) mass is 655 g/mol. The van der Waals surface area contributed by atoms with E-state index in [4.69, 9.17) is 23.9 Å². The van der Waals surface area contributed by atoms with Gasteiger partial charge >= 0.3 is 0 Å². The van der Waals surface area contributed by atoms with Crippen LogP contribution in [0.25, 0.3) is 10.9 Å². The topological polar surface area (TPSA) is 84.2 Å². The van der Waals surface area contributed by atoms with E-state index in [-0.39, 0.29) is 12.4 Å². The predicted molar refractivity (Wildman–Crippen MR) is 158 cm³/mol. The first-order valence-electron chi connectivity index (χ1n) is 12.7. The molecular weight excluding hydrogens is 630 g/mol. The number of aryl methyl sites for hydroxylation is 1. The van der Waals surface area contributed by atoms with E-state index in [0.717, 1.165) is 38.7 Å². The zero-order valence-corrected chi connectivity index (χ0v) is 24.7. The summed E-state index contributed by atoms with van der Waals surface area (Å²) in [5.74, 6) is 3.21. The molecule has 202 valence electrons. The SMILES string of the molecule is CCCCc1nc2ccc(Br)cc2c(=O)n1N=Cc1cc(OCC)c(OCc2ccc3c(c2)OCO3)cc1Br. The molecule has 0 N–H and O–H groups in total. The lowest BCUT2D eigenvalue weighted by Gasteiger charge is -2.14. The van der Waals surface area contributed by atoms with E-state index < -0.39 is 0 Å². The minimum Gasteiger partial charge on any atom is -0.490 e. The van der Waals surface area contributed by atoms with Gasteiger partial charge in [0.25, 0.3) is 5.56 Å². The van der Waals surface area contributed by atoms with Crippen LogP contribution in [-0.2, 0) is 13.0 Å². The van der Waals surface area contributed by atoms with Crippen molar-refractivity contribution in [3.8, 4) is 23.0 Å². The maximum Gasteiger partial charge on any atom is 0.282 e. The number of benzene rings is 3. The maximum absolute atomic E-state index is 13.4. The van der Waals surface area contributed by atoms with Gasteiger partial charge in [-0.2, -0.15) is 9.78 Å². The van der Waals surface area contributed by atoms with Crippen molar-refractivity contribution in [1.29, 1.82) is 0 Å². The van der Waals surface area contributed by atoms with Crippen molar-refractivity contribution in [2.24, 2.45) is 5.10 Å². The Balaban J connectivity index is 1.45. The van der Waals surface area contributed by atoms with Crippen molar-refractivity contribution in [2.75, 3.05) is 13.4 Å². The molecule has 8 nitrogen and oxygen atoms in total. The number of rotatable bonds is 10. The molecule has 0 radical (unpaired) electrons. The standard InChI is InChI=1S/C29H27Br2N3O5/c1-3-5-6-28-33-23-9-8-20(30)13-21(23)29(35)34(28)32-15-19-12-26(36-4-2)27(14-22(19)31)37-16-18-7-10-24-25(11-18)39-17-38-24/h7-15H,3-6,16-17H2,1-2H3. The number of fused-ring (bicyclic) bond motifs is 2. The molecule has 4 aromatic rings. The molecule has 1 aliphatic heterocycles. The molecule has 0 aliphatic carbocycles. The molecule has 0 bridgehead atoms. The summed E-state index contributed by atoms with van der Waals surface area (Å²) in [5, 5.41) is 5.08. The number of nitrogens with zero attached hydrogens (tertiary/aromatic N) is 3. The summed E-state index contributed by atoms with van der Waals surface area (Å²) in [6, 6.07) is 14.9. The Morgan fingerprint density at radius 3 is 2.67 bits per heavy atom. The van der Waals surface area contributed by atoms with Gasteiger partial charge in [-0.1, -0.05) is 35.3 Å². The van der Waals surface area contributed by atoms with E-state index in [1.165, 1.54) is 4.68 Å². The molecule has 1 aliphatic rings.